The molecule has 18 heavy (non-hydrogen) atoms. The van der Waals surface area contributed by atoms with Crippen LogP contribution in [0.1, 0.15) is 16.1 Å². The molecule has 5 heteroatoms. The van der Waals surface area contributed by atoms with Crippen molar-refractivity contribution in [2.75, 3.05) is 5.32 Å². The monoisotopic (exact) mass is 240 g/mol. The summed E-state index contributed by atoms with van der Waals surface area (Å²) >= 11 is 0. The Morgan fingerprint density at radius 1 is 1.33 bits per heavy atom. The quantitative estimate of drug-likeness (QED) is 0.643. The van der Waals surface area contributed by atoms with E-state index in [0.717, 1.165) is 16.6 Å². The van der Waals surface area contributed by atoms with Crippen molar-refractivity contribution < 1.29 is 4.79 Å². The van der Waals surface area contributed by atoms with Gasteiger partial charge in [-0.25, -0.2) is 4.98 Å². The maximum absolute atomic E-state index is 12.2. The van der Waals surface area contributed by atoms with Gasteiger partial charge in [0.15, 0.2) is 0 Å². The highest BCUT2D eigenvalue weighted by atomic mass is 16.1. The summed E-state index contributed by atoms with van der Waals surface area (Å²) in [5.74, 6) is 0.282. The van der Waals surface area contributed by atoms with E-state index in [9.17, 15) is 4.79 Å². The molecule has 2 aromatic heterocycles. The first-order valence-corrected chi connectivity index (χ1v) is 5.64. The molecule has 0 radical (unpaired) electrons. The second-order valence-corrected chi connectivity index (χ2v) is 4.06. The van der Waals surface area contributed by atoms with Crippen molar-refractivity contribution in [3.05, 3.63) is 47.9 Å². The Kier molecular flexibility index (Phi) is 2.37. The lowest BCUT2D eigenvalue weighted by Gasteiger charge is -2.01. The molecule has 5 nitrogen and oxygen atoms in total. The lowest BCUT2D eigenvalue weighted by Crippen LogP contribution is -2.13. The molecule has 0 atom stereocenters. The standard InChI is InChI=1S/C13H12N4O/c1-8-11(9-4-2-3-5-10(9)16-8)12(18)17-13-14-6-7-15-13/h2-7,16H,1H3,(H2,14,15,17,18). The van der Waals surface area contributed by atoms with Gasteiger partial charge in [-0.2, -0.15) is 0 Å². The van der Waals surface area contributed by atoms with Crippen molar-refractivity contribution in [1.82, 2.24) is 15.0 Å². The number of benzene rings is 1. The van der Waals surface area contributed by atoms with Crippen molar-refractivity contribution >= 4 is 22.8 Å². The van der Waals surface area contributed by atoms with Gasteiger partial charge in [-0.05, 0) is 13.0 Å². The van der Waals surface area contributed by atoms with E-state index in [1.54, 1.807) is 12.4 Å². The molecule has 3 N–H and O–H groups in total. The first kappa shape index (κ1) is 10.6. The molecule has 0 saturated heterocycles. The van der Waals surface area contributed by atoms with Crippen LogP contribution >= 0.6 is 0 Å². The highest BCUT2D eigenvalue weighted by Gasteiger charge is 2.16. The fraction of sp³-hybridized carbons (Fsp3) is 0.0769. The molecule has 3 aromatic rings. The van der Waals surface area contributed by atoms with Crippen LogP contribution in [0.5, 0.6) is 0 Å². The van der Waals surface area contributed by atoms with Crippen molar-refractivity contribution in [3.8, 4) is 0 Å². The van der Waals surface area contributed by atoms with E-state index in [0.29, 0.717) is 11.5 Å². The molecule has 0 aliphatic rings. The van der Waals surface area contributed by atoms with E-state index >= 15 is 0 Å². The predicted octanol–water partition coefficient (Wildman–Crippen LogP) is 2.45. The van der Waals surface area contributed by atoms with Crippen LogP contribution in [0.3, 0.4) is 0 Å². The summed E-state index contributed by atoms with van der Waals surface area (Å²) in [6.45, 7) is 1.89. The summed E-state index contributed by atoms with van der Waals surface area (Å²) in [5, 5.41) is 3.65. The number of hydrogen-bond acceptors (Lipinski definition) is 2. The van der Waals surface area contributed by atoms with Crippen LogP contribution in [0.2, 0.25) is 0 Å². The molecule has 0 spiro atoms. The van der Waals surface area contributed by atoms with E-state index in [2.05, 4.69) is 20.3 Å². The van der Waals surface area contributed by atoms with Gasteiger partial charge in [-0.15, -0.1) is 0 Å². The Hall–Kier alpha value is -2.56. The second-order valence-electron chi connectivity index (χ2n) is 4.06. The van der Waals surface area contributed by atoms with E-state index in [1.165, 1.54) is 0 Å². The number of aromatic nitrogens is 3. The van der Waals surface area contributed by atoms with Gasteiger partial charge in [0.05, 0.1) is 5.56 Å². The third-order valence-corrected chi connectivity index (χ3v) is 2.85. The smallest absolute Gasteiger partial charge is 0.260 e. The molecule has 0 saturated carbocycles. The number of carbonyl (C=O) groups excluding carboxylic acids is 1. The van der Waals surface area contributed by atoms with Crippen molar-refractivity contribution in [1.29, 1.82) is 0 Å². The average molecular weight is 240 g/mol. The van der Waals surface area contributed by atoms with Gasteiger partial charge >= 0.3 is 0 Å². The zero-order valence-electron chi connectivity index (χ0n) is 9.82. The summed E-state index contributed by atoms with van der Waals surface area (Å²) in [6.07, 6.45) is 3.26. The highest BCUT2D eigenvalue weighted by molar-refractivity contribution is 6.13. The lowest BCUT2D eigenvalue weighted by molar-refractivity contribution is 0.102. The van der Waals surface area contributed by atoms with Gasteiger partial charge in [0.2, 0.25) is 5.95 Å². The molecule has 2 heterocycles. The van der Waals surface area contributed by atoms with Gasteiger partial charge in [0.1, 0.15) is 0 Å². The maximum Gasteiger partial charge on any atom is 0.260 e. The summed E-state index contributed by atoms with van der Waals surface area (Å²) < 4.78 is 0. The summed E-state index contributed by atoms with van der Waals surface area (Å²) in [7, 11) is 0. The van der Waals surface area contributed by atoms with Crippen LogP contribution in [0.25, 0.3) is 10.9 Å². The van der Waals surface area contributed by atoms with Crippen LogP contribution in [0.15, 0.2) is 36.7 Å². The normalized spacial score (nSPS) is 10.7. The summed E-state index contributed by atoms with van der Waals surface area (Å²) in [6, 6.07) is 7.73. The summed E-state index contributed by atoms with van der Waals surface area (Å²) in [4.78, 5) is 22.2. The number of H-pyrrole nitrogens is 2. The van der Waals surface area contributed by atoms with Crippen molar-refractivity contribution in [2.24, 2.45) is 0 Å². The molecular weight excluding hydrogens is 228 g/mol. The van der Waals surface area contributed by atoms with E-state index in [1.807, 2.05) is 31.2 Å². The Balaban J connectivity index is 2.03. The van der Waals surface area contributed by atoms with E-state index < -0.39 is 0 Å². The highest BCUT2D eigenvalue weighted by Crippen LogP contribution is 2.22. The first-order valence-electron chi connectivity index (χ1n) is 5.64. The van der Waals surface area contributed by atoms with Gasteiger partial charge in [-0.3, -0.25) is 10.1 Å². The van der Waals surface area contributed by atoms with Crippen LogP contribution in [-0.2, 0) is 0 Å². The molecule has 0 bridgehead atoms. The predicted molar refractivity (Wildman–Crippen MR) is 69.6 cm³/mol. The number of aromatic amines is 2. The number of nitrogens with zero attached hydrogens (tertiary/aromatic N) is 1. The Labute approximate surface area is 103 Å². The largest absolute Gasteiger partial charge is 0.358 e. The van der Waals surface area contributed by atoms with Gasteiger partial charge in [-0.1, -0.05) is 18.2 Å². The zero-order chi connectivity index (χ0) is 12.5. The van der Waals surface area contributed by atoms with Crippen molar-refractivity contribution in [2.45, 2.75) is 6.92 Å². The SMILES string of the molecule is Cc1[nH]c2ccccc2c1C(=O)Nc1ncc[nH]1. The number of rotatable bonds is 2. The summed E-state index contributed by atoms with van der Waals surface area (Å²) in [5.41, 5.74) is 2.46. The average Bonchev–Trinajstić information content (AvgIpc) is 2.94. The number of nitrogens with one attached hydrogen (secondary N) is 3. The molecule has 90 valence electrons. The number of para-hydroxylation sites is 1. The number of amides is 1. The molecular formula is C13H12N4O. The Morgan fingerprint density at radius 3 is 2.94 bits per heavy atom. The second kappa shape index (κ2) is 4.03. The molecule has 0 aliphatic heterocycles. The molecule has 3 rings (SSSR count). The first-order chi connectivity index (χ1) is 8.75. The minimum atomic E-state index is -0.167. The van der Waals surface area contributed by atoms with Crippen LogP contribution < -0.4 is 5.32 Å². The minimum Gasteiger partial charge on any atom is -0.358 e. The lowest BCUT2D eigenvalue weighted by atomic mass is 10.1. The zero-order valence-corrected chi connectivity index (χ0v) is 9.82. The number of aryl methyl sites for hydroxylation is 1. The minimum absolute atomic E-state index is 0.167. The molecule has 0 unspecified atom stereocenters. The van der Waals surface area contributed by atoms with E-state index in [-0.39, 0.29) is 5.91 Å². The molecule has 0 fully saturated rings. The number of hydrogen-bond donors (Lipinski definition) is 3. The number of carbonyl (C=O) groups is 1. The number of anilines is 1. The Morgan fingerprint density at radius 2 is 2.17 bits per heavy atom. The molecule has 1 amide bonds. The number of fused-ring (bicyclic) bond motifs is 1. The van der Waals surface area contributed by atoms with Gasteiger partial charge < -0.3 is 9.97 Å². The molecule has 0 aliphatic carbocycles. The Bertz CT molecular complexity index is 697. The van der Waals surface area contributed by atoms with Crippen LogP contribution in [0, 0.1) is 6.92 Å². The van der Waals surface area contributed by atoms with Gasteiger partial charge in [0.25, 0.3) is 5.91 Å². The topological polar surface area (TPSA) is 73.6 Å². The third kappa shape index (κ3) is 1.66. The third-order valence-electron chi connectivity index (χ3n) is 2.85. The fourth-order valence-electron chi connectivity index (χ4n) is 2.07. The maximum atomic E-state index is 12.2. The van der Waals surface area contributed by atoms with Crippen molar-refractivity contribution in [3.63, 3.8) is 0 Å². The molecule has 1 aromatic carbocycles. The van der Waals surface area contributed by atoms with Crippen LogP contribution in [-0.4, -0.2) is 20.9 Å². The van der Waals surface area contributed by atoms with Gasteiger partial charge in [0, 0.05) is 29.0 Å². The fourth-order valence-corrected chi connectivity index (χ4v) is 2.07. The van der Waals surface area contributed by atoms with Crippen LogP contribution in [0.4, 0.5) is 5.95 Å². The van der Waals surface area contributed by atoms with E-state index in [4.69, 9.17) is 0 Å². The number of imidazole rings is 1.